The Morgan fingerprint density at radius 2 is 0.738 bits per heavy atom. The molecule has 0 unspecified atom stereocenters. The second-order valence-electron chi connectivity index (χ2n) is 16.0. The lowest BCUT2D eigenvalue weighted by atomic mass is 9.77. The molecule has 0 spiro atoms. The average molecular weight is 777 g/mol. The Morgan fingerprint density at radius 3 is 1.36 bits per heavy atom. The molecule has 2 nitrogen and oxygen atoms in total. The SMILES string of the molecule is c1ccc(-c2ccc(N(c3ccc(-c4ccccc4)cc3)c3ccc4c5ccccc5n(C5(c6cccc7ccccc67)c6ccccc6-c6ccccc65)c4c3)cc2)cc1. The molecule has 0 saturated heterocycles. The van der Waals surface area contributed by atoms with Crippen LogP contribution in [0.15, 0.2) is 243 Å². The average Bonchev–Trinajstić information content (AvgIpc) is 3.82. The maximum Gasteiger partial charge on any atom is 0.123 e. The molecule has 1 aliphatic rings. The van der Waals surface area contributed by atoms with Crippen LogP contribution in [-0.4, -0.2) is 4.57 Å². The molecule has 12 rings (SSSR count). The van der Waals surface area contributed by atoms with Gasteiger partial charge < -0.3 is 9.47 Å². The first-order valence-corrected chi connectivity index (χ1v) is 21.1. The molecule has 0 radical (unpaired) electrons. The van der Waals surface area contributed by atoms with E-state index in [0.717, 1.165) is 17.1 Å². The van der Waals surface area contributed by atoms with Gasteiger partial charge >= 0.3 is 0 Å². The van der Waals surface area contributed by atoms with Gasteiger partial charge in [-0.05, 0) is 103 Å². The van der Waals surface area contributed by atoms with E-state index in [-0.39, 0.29) is 0 Å². The third kappa shape index (κ3) is 5.43. The number of nitrogens with zero attached hydrogens (tertiary/aromatic N) is 2. The van der Waals surface area contributed by atoms with E-state index in [1.807, 2.05) is 0 Å². The minimum atomic E-state index is -0.687. The van der Waals surface area contributed by atoms with E-state index >= 15 is 0 Å². The number of rotatable bonds is 7. The number of hydrogen-bond acceptors (Lipinski definition) is 1. The molecule has 61 heavy (non-hydrogen) atoms. The number of para-hydroxylation sites is 1. The molecule has 0 aliphatic heterocycles. The Labute approximate surface area is 355 Å². The first kappa shape index (κ1) is 35.0. The van der Waals surface area contributed by atoms with Crippen molar-refractivity contribution in [2.45, 2.75) is 5.54 Å². The molecular weight excluding hydrogens is 737 g/mol. The van der Waals surface area contributed by atoms with Gasteiger partial charge in [-0.25, -0.2) is 0 Å². The van der Waals surface area contributed by atoms with Gasteiger partial charge in [0.15, 0.2) is 0 Å². The van der Waals surface area contributed by atoms with Crippen LogP contribution in [0.3, 0.4) is 0 Å². The normalized spacial score (nSPS) is 12.7. The fourth-order valence-electron chi connectivity index (χ4n) is 10.2. The summed E-state index contributed by atoms with van der Waals surface area (Å²) in [5.41, 5.74) is 16.1. The predicted molar refractivity (Wildman–Crippen MR) is 256 cm³/mol. The van der Waals surface area contributed by atoms with Gasteiger partial charge in [0, 0.05) is 27.8 Å². The molecule has 10 aromatic carbocycles. The van der Waals surface area contributed by atoms with Crippen molar-refractivity contribution < 1.29 is 0 Å². The van der Waals surface area contributed by atoms with Crippen LogP contribution in [0.25, 0.3) is 66.0 Å². The van der Waals surface area contributed by atoms with Gasteiger partial charge in [0.1, 0.15) is 5.54 Å². The molecule has 1 heterocycles. The molecule has 0 amide bonds. The monoisotopic (exact) mass is 776 g/mol. The van der Waals surface area contributed by atoms with Crippen LogP contribution in [0.1, 0.15) is 16.7 Å². The molecule has 0 N–H and O–H groups in total. The van der Waals surface area contributed by atoms with E-state index in [1.54, 1.807) is 0 Å². The Kier molecular flexibility index (Phi) is 8.11. The van der Waals surface area contributed by atoms with E-state index in [1.165, 1.54) is 82.6 Å². The molecular formula is C59H40N2. The summed E-state index contributed by atoms with van der Waals surface area (Å²) in [5.74, 6) is 0. The van der Waals surface area contributed by atoms with Crippen molar-refractivity contribution in [1.29, 1.82) is 0 Å². The third-order valence-electron chi connectivity index (χ3n) is 12.8. The summed E-state index contributed by atoms with van der Waals surface area (Å²) in [4.78, 5) is 2.41. The summed E-state index contributed by atoms with van der Waals surface area (Å²) < 4.78 is 2.67. The standard InChI is InChI=1S/C59H40N2/c1-3-16-41(17-4-1)43-30-34-46(35-31-43)60(47-36-32-44(33-37-47)42-18-5-2-6-19-42)48-38-39-53-52-25-11-14-29-57(52)61(58(53)40-48)59(54-28-15-21-45-20-7-8-22-49(45)54)55-26-12-9-23-50(55)51-24-10-13-27-56(51)59/h1-40H. The lowest BCUT2D eigenvalue weighted by Gasteiger charge is -2.37. The second kappa shape index (κ2) is 14.1. The Hall–Kier alpha value is -7.94. The maximum absolute atomic E-state index is 2.67. The van der Waals surface area contributed by atoms with Crippen molar-refractivity contribution in [3.63, 3.8) is 0 Å². The van der Waals surface area contributed by atoms with Crippen LogP contribution in [-0.2, 0) is 5.54 Å². The number of anilines is 3. The Balaban J connectivity index is 1.15. The molecule has 0 fully saturated rings. The predicted octanol–water partition coefficient (Wildman–Crippen LogP) is 15.6. The van der Waals surface area contributed by atoms with Gasteiger partial charge in [0.2, 0.25) is 0 Å². The summed E-state index contributed by atoms with van der Waals surface area (Å²) in [6.45, 7) is 0. The van der Waals surface area contributed by atoms with Gasteiger partial charge in [0.25, 0.3) is 0 Å². The fourth-order valence-corrected chi connectivity index (χ4v) is 10.2. The zero-order chi connectivity index (χ0) is 40.3. The van der Waals surface area contributed by atoms with Crippen molar-refractivity contribution in [3.8, 4) is 33.4 Å². The lowest BCUT2D eigenvalue weighted by molar-refractivity contribution is 0.568. The second-order valence-corrected chi connectivity index (χ2v) is 16.0. The highest BCUT2D eigenvalue weighted by Crippen LogP contribution is 2.57. The number of benzene rings is 10. The number of aromatic nitrogens is 1. The van der Waals surface area contributed by atoms with E-state index < -0.39 is 5.54 Å². The smallest absolute Gasteiger partial charge is 0.123 e. The van der Waals surface area contributed by atoms with Gasteiger partial charge in [-0.2, -0.15) is 0 Å². The molecule has 286 valence electrons. The van der Waals surface area contributed by atoms with Crippen LogP contribution in [0.2, 0.25) is 0 Å². The van der Waals surface area contributed by atoms with Crippen LogP contribution >= 0.6 is 0 Å². The third-order valence-corrected chi connectivity index (χ3v) is 12.8. The molecule has 2 heteroatoms. The molecule has 0 atom stereocenters. The topological polar surface area (TPSA) is 8.17 Å². The van der Waals surface area contributed by atoms with E-state index in [4.69, 9.17) is 0 Å². The molecule has 0 bridgehead atoms. The number of fused-ring (bicyclic) bond motifs is 7. The van der Waals surface area contributed by atoms with E-state index in [9.17, 15) is 0 Å². The molecule has 11 aromatic rings. The van der Waals surface area contributed by atoms with Crippen molar-refractivity contribution in [1.82, 2.24) is 4.57 Å². The lowest BCUT2D eigenvalue weighted by Crippen LogP contribution is -2.36. The Bertz CT molecular complexity index is 3260. The summed E-state index contributed by atoms with van der Waals surface area (Å²) in [5, 5.41) is 4.93. The van der Waals surface area contributed by atoms with Crippen molar-refractivity contribution in [2.75, 3.05) is 4.90 Å². The first-order valence-electron chi connectivity index (χ1n) is 21.1. The highest BCUT2D eigenvalue weighted by molar-refractivity contribution is 6.11. The maximum atomic E-state index is 2.67. The number of hydrogen-bond donors (Lipinski definition) is 0. The van der Waals surface area contributed by atoms with Crippen molar-refractivity contribution >= 4 is 49.6 Å². The summed E-state index contributed by atoms with van der Waals surface area (Å²) in [6.07, 6.45) is 0. The van der Waals surface area contributed by atoms with E-state index in [2.05, 4.69) is 252 Å². The van der Waals surface area contributed by atoms with Crippen molar-refractivity contribution in [3.05, 3.63) is 259 Å². The Morgan fingerprint density at radius 1 is 0.295 bits per heavy atom. The van der Waals surface area contributed by atoms with Gasteiger partial charge in [-0.3, -0.25) is 0 Å². The minimum Gasteiger partial charge on any atom is -0.322 e. The van der Waals surface area contributed by atoms with Gasteiger partial charge in [-0.1, -0.05) is 200 Å². The van der Waals surface area contributed by atoms with Crippen molar-refractivity contribution in [2.24, 2.45) is 0 Å². The quantitative estimate of drug-likeness (QED) is 0.156. The molecule has 1 aromatic heterocycles. The summed E-state index contributed by atoms with van der Waals surface area (Å²) in [7, 11) is 0. The van der Waals surface area contributed by atoms with Crippen LogP contribution in [0.5, 0.6) is 0 Å². The highest BCUT2D eigenvalue weighted by atomic mass is 15.1. The minimum absolute atomic E-state index is 0.687. The van der Waals surface area contributed by atoms with Crippen LogP contribution in [0.4, 0.5) is 17.1 Å². The first-order chi connectivity index (χ1) is 30.3. The highest BCUT2D eigenvalue weighted by Gasteiger charge is 2.48. The van der Waals surface area contributed by atoms with Gasteiger partial charge in [-0.15, -0.1) is 0 Å². The largest absolute Gasteiger partial charge is 0.322 e. The van der Waals surface area contributed by atoms with E-state index in [0.29, 0.717) is 0 Å². The summed E-state index contributed by atoms with van der Waals surface area (Å²) >= 11 is 0. The van der Waals surface area contributed by atoms with Crippen LogP contribution < -0.4 is 4.90 Å². The molecule has 0 saturated carbocycles. The fraction of sp³-hybridized carbons (Fsp3) is 0.0169. The summed E-state index contributed by atoms with van der Waals surface area (Å²) in [6, 6.07) is 89.1. The zero-order valence-electron chi connectivity index (χ0n) is 33.5. The molecule has 1 aliphatic carbocycles. The van der Waals surface area contributed by atoms with Crippen LogP contribution in [0, 0.1) is 0 Å². The van der Waals surface area contributed by atoms with Gasteiger partial charge in [0.05, 0.1) is 11.0 Å². The zero-order valence-corrected chi connectivity index (χ0v) is 33.5.